The number of H-pyrrole nitrogens is 1. The maximum absolute atomic E-state index is 12.4. The summed E-state index contributed by atoms with van der Waals surface area (Å²) in [4.78, 5) is -0.0253. The fraction of sp³-hybridized carbons (Fsp3) is 0.250. The number of rotatable bonds is 6. The fourth-order valence-electron chi connectivity index (χ4n) is 1.69. The van der Waals surface area contributed by atoms with E-state index in [0.29, 0.717) is 22.8 Å². The summed E-state index contributed by atoms with van der Waals surface area (Å²) in [6.07, 6.45) is 2.79. The number of nitrogens with zero attached hydrogens (tertiary/aromatic N) is 1. The lowest BCUT2D eigenvalue weighted by Crippen LogP contribution is -2.16. The molecule has 0 amide bonds. The normalized spacial score (nSPS) is 11.6. The summed E-state index contributed by atoms with van der Waals surface area (Å²) in [5.41, 5.74) is 0.990. The van der Waals surface area contributed by atoms with Gasteiger partial charge in [0.2, 0.25) is 0 Å². The molecule has 2 rings (SSSR count). The van der Waals surface area contributed by atoms with Gasteiger partial charge in [0.05, 0.1) is 16.9 Å². The molecule has 0 aliphatic carbocycles. The maximum Gasteiger partial charge on any atom is 0.263 e. The van der Waals surface area contributed by atoms with Crippen LogP contribution < -0.4 is 10.0 Å². The lowest BCUT2D eigenvalue weighted by molar-refractivity contribution is 0.601. The summed E-state index contributed by atoms with van der Waals surface area (Å²) in [6.45, 7) is 3.15. The molecule has 0 fully saturated rings. The highest BCUT2D eigenvalue weighted by Gasteiger charge is 2.20. The van der Waals surface area contributed by atoms with Gasteiger partial charge in [-0.15, -0.1) is 0 Å². The van der Waals surface area contributed by atoms with Crippen molar-refractivity contribution in [3.05, 3.63) is 40.1 Å². The second-order valence-corrected chi connectivity index (χ2v) is 6.71. The highest BCUT2D eigenvalue weighted by molar-refractivity contribution is 7.92. The molecule has 0 bridgehead atoms. The molecule has 0 atom stereocenters. The summed E-state index contributed by atoms with van der Waals surface area (Å²) in [5, 5.41) is 9.78. The van der Waals surface area contributed by atoms with E-state index in [0.717, 1.165) is 6.54 Å². The van der Waals surface area contributed by atoms with Gasteiger partial charge >= 0.3 is 0 Å². The Morgan fingerprint density at radius 1 is 1.29 bits per heavy atom. The summed E-state index contributed by atoms with van der Waals surface area (Å²) in [7, 11) is -3.81. The van der Waals surface area contributed by atoms with Crippen LogP contribution in [0.15, 0.2) is 29.4 Å². The molecule has 0 saturated carbocycles. The van der Waals surface area contributed by atoms with Crippen LogP contribution in [0.5, 0.6) is 0 Å². The molecule has 1 heterocycles. The average molecular weight is 349 g/mol. The number of halogens is 2. The number of aromatic amines is 1. The van der Waals surface area contributed by atoms with Crippen LogP contribution >= 0.6 is 23.2 Å². The smallest absolute Gasteiger partial charge is 0.263 e. The van der Waals surface area contributed by atoms with Crippen LogP contribution in [0.2, 0.25) is 10.0 Å². The van der Waals surface area contributed by atoms with Crippen LogP contribution in [0.4, 0.5) is 5.69 Å². The van der Waals surface area contributed by atoms with Crippen molar-refractivity contribution in [1.82, 2.24) is 15.5 Å². The van der Waals surface area contributed by atoms with Gasteiger partial charge in [0.1, 0.15) is 4.90 Å². The quantitative estimate of drug-likeness (QED) is 0.748. The van der Waals surface area contributed by atoms with Gasteiger partial charge in [-0.05, 0) is 24.2 Å². The minimum atomic E-state index is -3.81. The van der Waals surface area contributed by atoms with Gasteiger partial charge in [-0.1, -0.05) is 30.1 Å². The number of benzene rings is 1. The van der Waals surface area contributed by atoms with Crippen molar-refractivity contribution in [3.63, 3.8) is 0 Å². The van der Waals surface area contributed by atoms with E-state index in [1.807, 2.05) is 6.92 Å². The Kier molecular flexibility index (Phi) is 5.10. The monoisotopic (exact) mass is 348 g/mol. The van der Waals surface area contributed by atoms with Crippen LogP contribution in [0.25, 0.3) is 0 Å². The molecular formula is C12H14Cl2N4O2S. The highest BCUT2D eigenvalue weighted by atomic mass is 35.5. The van der Waals surface area contributed by atoms with Gasteiger partial charge in [-0.2, -0.15) is 5.10 Å². The molecule has 114 valence electrons. The summed E-state index contributed by atoms with van der Waals surface area (Å²) in [6, 6.07) is 2.90. The zero-order valence-electron chi connectivity index (χ0n) is 11.2. The van der Waals surface area contributed by atoms with Gasteiger partial charge in [0, 0.05) is 17.8 Å². The molecule has 21 heavy (non-hydrogen) atoms. The van der Waals surface area contributed by atoms with Crippen LogP contribution in [0.1, 0.15) is 12.5 Å². The van der Waals surface area contributed by atoms with E-state index in [1.54, 1.807) is 0 Å². The summed E-state index contributed by atoms with van der Waals surface area (Å²) in [5.74, 6) is 0. The standard InChI is InChI=1S/C12H14Cl2N4O2S/c1-2-15-5-8-3-12(11(14)4-10(8)13)21(19,20)18-9-6-16-17-7-9/h3-4,6-7,15,18H,2,5H2,1H3,(H,16,17). The number of hydrogen-bond acceptors (Lipinski definition) is 4. The molecule has 2 aromatic rings. The molecule has 0 saturated heterocycles. The first-order valence-electron chi connectivity index (χ1n) is 6.14. The maximum atomic E-state index is 12.4. The van der Waals surface area contributed by atoms with Crippen LogP contribution in [0.3, 0.4) is 0 Å². The molecule has 6 nitrogen and oxygen atoms in total. The minimum Gasteiger partial charge on any atom is -0.313 e. The second-order valence-electron chi connectivity index (χ2n) is 4.25. The third-order valence-corrected chi connectivity index (χ3v) is 4.90. The van der Waals surface area contributed by atoms with Gasteiger partial charge in [0.25, 0.3) is 10.0 Å². The number of aromatic nitrogens is 2. The van der Waals surface area contributed by atoms with E-state index in [9.17, 15) is 8.42 Å². The van der Waals surface area contributed by atoms with Crippen molar-refractivity contribution < 1.29 is 8.42 Å². The average Bonchev–Trinajstić information content (AvgIpc) is 2.89. The van der Waals surface area contributed by atoms with Crippen LogP contribution in [0, 0.1) is 0 Å². The van der Waals surface area contributed by atoms with E-state index in [-0.39, 0.29) is 9.92 Å². The summed E-state index contributed by atoms with van der Waals surface area (Å²) < 4.78 is 27.1. The van der Waals surface area contributed by atoms with Gasteiger partial charge in [-0.3, -0.25) is 9.82 Å². The SMILES string of the molecule is CCNCc1cc(S(=O)(=O)Nc2cn[nH]c2)c(Cl)cc1Cl. The van der Waals surface area contributed by atoms with E-state index in [2.05, 4.69) is 20.2 Å². The number of hydrogen-bond donors (Lipinski definition) is 3. The Morgan fingerprint density at radius 2 is 2.05 bits per heavy atom. The van der Waals surface area contributed by atoms with Crippen molar-refractivity contribution in [2.75, 3.05) is 11.3 Å². The third kappa shape index (κ3) is 3.88. The van der Waals surface area contributed by atoms with Gasteiger partial charge < -0.3 is 5.32 Å². The van der Waals surface area contributed by atoms with E-state index < -0.39 is 10.0 Å². The van der Waals surface area contributed by atoms with Crippen molar-refractivity contribution in [1.29, 1.82) is 0 Å². The molecule has 0 radical (unpaired) electrons. The Labute approximate surface area is 132 Å². The van der Waals surface area contributed by atoms with E-state index in [1.165, 1.54) is 24.5 Å². The zero-order chi connectivity index (χ0) is 15.5. The Morgan fingerprint density at radius 3 is 2.67 bits per heavy atom. The molecule has 1 aromatic carbocycles. The molecular weight excluding hydrogens is 335 g/mol. The number of nitrogens with one attached hydrogen (secondary N) is 3. The Bertz CT molecular complexity index is 717. The van der Waals surface area contributed by atoms with Crippen molar-refractivity contribution >= 4 is 38.9 Å². The Hall–Kier alpha value is -1.28. The van der Waals surface area contributed by atoms with Crippen molar-refractivity contribution in [3.8, 4) is 0 Å². The lowest BCUT2D eigenvalue weighted by atomic mass is 10.2. The fourth-order valence-corrected chi connectivity index (χ4v) is 3.59. The topological polar surface area (TPSA) is 86.9 Å². The van der Waals surface area contributed by atoms with Crippen molar-refractivity contribution in [2.45, 2.75) is 18.4 Å². The highest BCUT2D eigenvalue weighted by Crippen LogP contribution is 2.29. The molecule has 3 N–H and O–H groups in total. The summed E-state index contributed by atoms with van der Waals surface area (Å²) >= 11 is 12.1. The second kappa shape index (κ2) is 6.65. The number of anilines is 1. The molecule has 0 unspecified atom stereocenters. The van der Waals surface area contributed by atoms with E-state index >= 15 is 0 Å². The van der Waals surface area contributed by atoms with Crippen LogP contribution in [-0.2, 0) is 16.6 Å². The van der Waals surface area contributed by atoms with E-state index in [4.69, 9.17) is 23.2 Å². The predicted octanol–water partition coefficient (Wildman–Crippen LogP) is 2.63. The lowest BCUT2D eigenvalue weighted by Gasteiger charge is -2.12. The molecule has 1 aromatic heterocycles. The molecule has 0 aliphatic heterocycles. The van der Waals surface area contributed by atoms with Crippen LogP contribution in [-0.4, -0.2) is 25.2 Å². The van der Waals surface area contributed by atoms with Gasteiger partial charge in [0.15, 0.2) is 0 Å². The first-order valence-corrected chi connectivity index (χ1v) is 8.38. The predicted molar refractivity (Wildman–Crippen MR) is 83.2 cm³/mol. The van der Waals surface area contributed by atoms with Gasteiger partial charge in [-0.25, -0.2) is 8.42 Å². The zero-order valence-corrected chi connectivity index (χ0v) is 13.5. The minimum absolute atomic E-state index is 0.0253. The first kappa shape index (κ1) is 16.1. The van der Waals surface area contributed by atoms with Crippen molar-refractivity contribution in [2.24, 2.45) is 0 Å². The molecule has 0 aliphatic rings. The Balaban J connectivity index is 2.37. The molecule has 9 heteroatoms. The third-order valence-electron chi connectivity index (χ3n) is 2.71. The largest absolute Gasteiger partial charge is 0.313 e. The molecule has 0 spiro atoms. The number of sulfonamides is 1. The first-order chi connectivity index (χ1) is 9.94.